The Bertz CT molecular complexity index is 467. The first-order chi connectivity index (χ1) is 10.7. The van der Waals surface area contributed by atoms with Gasteiger partial charge in [-0.25, -0.2) is 4.99 Å². The zero-order valence-corrected chi connectivity index (χ0v) is 15.2. The van der Waals surface area contributed by atoms with E-state index in [1.165, 1.54) is 0 Å². The van der Waals surface area contributed by atoms with Crippen molar-refractivity contribution in [1.29, 1.82) is 0 Å². The average Bonchev–Trinajstić information content (AvgIpc) is 2.52. The molecule has 0 radical (unpaired) electrons. The van der Waals surface area contributed by atoms with Gasteiger partial charge in [-0.3, -0.25) is 0 Å². The van der Waals surface area contributed by atoms with Gasteiger partial charge in [0.1, 0.15) is 5.75 Å². The number of aliphatic imine (C=N–C) groups is 1. The largest absolute Gasteiger partial charge is 0.496 e. The quantitative estimate of drug-likeness (QED) is 0.398. The highest BCUT2D eigenvalue weighted by molar-refractivity contribution is 9.10. The fraction of sp³-hybridized carbons (Fsp3) is 0.562. The van der Waals surface area contributed by atoms with Gasteiger partial charge in [-0.15, -0.1) is 0 Å². The molecule has 1 aromatic rings. The second kappa shape index (κ2) is 11.3. The number of guanidine groups is 1. The van der Waals surface area contributed by atoms with E-state index in [0.29, 0.717) is 6.54 Å². The van der Waals surface area contributed by atoms with Gasteiger partial charge in [0.15, 0.2) is 5.96 Å². The van der Waals surface area contributed by atoms with Gasteiger partial charge in [-0.05, 0) is 38.5 Å². The zero-order chi connectivity index (χ0) is 16.2. The standard InChI is InChI=1S/C16H26BrN3O2/c1-4-18-16(19-9-6-10-22-5-2)20-12-13-11-14(17)7-8-15(13)21-3/h7-8,11H,4-6,9-10,12H2,1-3H3,(H2,18,19,20). The number of methoxy groups -OCH3 is 1. The molecule has 0 spiro atoms. The summed E-state index contributed by atoms with van der Waals surface area (Å²) in [6.45, 7) is 7.80. The van der Waals surface area contributed by atoms with Crippen molar-refractivity contribution in [2.75, 3.05) is 33.4 Å². The van der Waals surface area contributed by atoms with Gasteiger partial charge in [-0.2, -0.15) is 0 Å². The lowest BCUT2D eigenvalue weighted by Crippen LogP contribution is -2.38. The number of benzene rings is 1. The molecule has 0 aliphatic heterocycles. The minimum Gasteiger partial charge on any atom is -0.496 e. The summed E-state index contributed by atoms with van der Waals surface area (Å²) in [5, 5.41) is 6.55. The number of hydrogen-bond donors (Lipinski definition) is 2. The molecule has 2 N–H and O–H groups in total. The summed E-state index contributed by atoms with van der Waals surface area (Å²) >= 11 is 3.48. The monoisotopic (exact) mass is 371 g/mol. The van der Waals surface area contributed by atoms with Crippen LogP contribution in [0.1, 0.15) is 25.8 Å². The van der Waals surface area contributed by atoms with Crippen LogP contribution in [0.25, 0.3) is 0 Å². The van der Waals surface area contributed by atoms with Crippen molar-refractivity contribution in [2.24, 2.45) is 4.99 Å². The van der Waals surface area contributed by atoms with Crippen LogP contribution in [0.5, 0.6) is 5.75 Å². The summed E-state index contributed by atoms with van der Waals surface area (Å²) in [4.78, 5) is 4.60. The number of nitrogens with one attached hydrogen (secondary N) is 2. The molecular formula is C16H26BrN3O2. The normalized spacial score (nSPS) is 11.4. The summed E-state index contributed by atoms with van der Waals surface area (Å²) in [6, 6.07) is 5.93. The Balaban J connectivity index is 2.59. The first kappa shape index (κ1) is 18.8. The van der Waals surface area contributed by atoms with Crippen LogP contribution in [0, 0.1) is 0 Å². The molecule has 0 fully saturated rings. The lowest BCUT2D eigenvalue weighted by Gasteiger charge is -2.12. The number of rotatable bonds is 9. The Labute approximate surface area is 141 Å². The maximum absolute atomic E-state index is 5.37. The molecule has 124 valence electrons. The first-order valence-electron chi connectivity index (χ1n) is 7.63. The number of ether oxygens (including phenoxy) is 2. The molecule has 0 saturated carbocycles. The minimum atomic E-state index is 0.559. The molecule has 6 heteroatoms. The van der Waals surface area contributed by atoms with Gasteiger partial charge in [0, 0.05) is 36.3 Å². The van der Waals surface area contributed by atoms with Crippen LogP contribution < -0.4 is 15.4 Å². The summed E-state index contributed by atoms with van der Waals surface area (Å²) in [6.07, 6.45) is 0.957. The van der Waals surface area contributed by atoms with Crippen LogP contribution in [0.4, 0.5) is 0 Å². The molecule has 1 aromatic carbocycles. The fourth-order valence-electron chi connectivity index (χ4n) is 1.90. The van der Waals surface area contributed by atoms with Crippen molar-refractivity contribution in [3.05, 3.63) is 28.2 Å². The molecule has 0 saturated heterocycles. The highest BCUT2D eigenvalue weighted by atomic mass is 79.9. The molecule has 0 unspecified atom stereocenters. The van der Waals surface area contributed by atoms with E-state index >= 15 is 0 Å². The van der Waals surface area contributed by atoms with E-state index in [2.05, 4.69) is 38.5 Å². The molecular weight excluding hydrogens is 346 g/mol. The smallest absolute Gasteiger partial charge is 0.191 e. The molecule has 0 bridgehead atoms. The van der Waals surface area contributed by atoms with Crippen molar-refractivity contribution < 1.29 is 9.47 Å². The van der Waals surface area contributed by atoms with E-state index in [4.69, 9.17) is 9.47 Å². The zero-order valence-electron chi connectivity index (χ0n) is 13.6. The maximum Gasteiger partial charge on any atom is 0.191 e. The molecule has 0 amide bonds. The predicted octanol–water partition coefficient (Wildman–Crippen LogP) is 2.94. The summed E-state index contributed by atoms with van der Waals surface area (Å²) in [5.41, 5.74) is 1.04. The predicted molar refractivity (Wildman–Crippen MR) is 94.6 cm³/mol. The van der Waals surface area contributed by atoms with Crippen LogP contribution >= 0.6 is 15.9 Å². The van der Waals surface area contributed by atoms with E-state index in [9.17, 15) is 0 Å². The average molecular weight is 372 g/mol. The van der Waals surface area contributed by atoms with Gasteiger partial charge < -0.3 is 20.1 Å². The lowest BCUT2D eigenvalue weighted by molar-refractivity contribution is 0.145. The Morgan fingerprint density at radius 2 is 2.09 bits per heavy atom. The van der Waals surface area contributed by atoms with Crippen molar-refractivity contribution >= 4 is 21.9 Å². The number of hydrogen-bond acceptors (Lipinski definition) is 3. The lowest BCUT2D eigenvalue weighted by atomic mass is 10.2. The Hall–Kier alpha value is -1.27. The van der Waals surface area contributed by atoms with E-state index in [0.717, 1.165) is 54.5 Å². The maximum atomic E-state index is 5.37. The summed E-state index contributed by atoms with van der Waals surface area (Å²) < 4.78 is 11.7. The van der Waals surface area contributed by atoms with E-state index in [1.54, 1.807) is 7.11 Å². The molecule has 0 aromatic heterocycles. The molecule has 0 aliphatic carbocycles. The van der Waals surface area contributed by atoms with Crippen molar-refractivity contribution in [2.45, 2.75) is 26.8 Å². The van der Waals surface area contributed by atoms with Crippen LogP contribution in [-0.2, 0) is 11.3 Å². The topological polar surface area (TPSA) is 54.9 Å². The van der Waals surface area contributed by atoms with Crippen molar-refractivity contribution in [3.63, 3.8) is 0 Å². The molecule has 1 rings (SSSR count). The SMILES string of the molecule is CCNC(=NCc1cc(Br)ccc1OC)NCCCOCC. The third kappa shape index (κ3) is 7.13. The Morgan fingerprint density at radius 1 is 1.27 bits per heavy atom. The second-order valence-corrected chi connectivity index (χ2v) is 5.54. The van der Waals surface area contributed by atoms with E-state index in [1.807, 2.05) is 25.1 Å². The molecule has 0 aliphatic rings. The van der Waals surface area contributed by atoms with E-state index < -0.39 is 0 Å². The van der Waals surface area contributed by atoms with Crippen LogP contribution in [0.2, 0.25) is 0 Å². The Morgan fingerprint density at radius 3 is 2.77 bits per heavy atom. The van der Waals surface area contributed by atoms with Gasteiger partial charge >= 0.3 is 0 Å². The van der Waals surface area contributed by atoms with Gasteiger partial charge in [0.25, 0.3) is 0 Å². The summed E-state index contributed by atoms with van der Waals surface area (Å²) in [5.74, 6) is 1.65. The highest BCUT2D eigenvalue weighted by Gasteiger charge is 2.04. The fourth-order valence-corrected chi connectivity index (χ4v) is 2.31. The van der Waals surface area contributed by atoms with Crippen LogP contribution in [0.15, 0.2) is 27.7 Å². The summed E-state index contributed by atoms with van der Waals surface area (Å²) in [7, 11) is 1.67. The minimum absolute atomic E-state index is 0.559. The highest BCUT2D eigenvalue weighted by Crippen LogP contribution is 2.23. The second-order valence-electron chi connectivity index (χ2n) is 4.63. The van der Waals surface area contributed by atoms with Crippen LogP contribution in [0.3, 0.4) is 0 Å². The van der Waals surface area contributed by atoms with E-state index in [-0.39, 0.29) is 0 Å². The number of halogens is 1. The molecule has 22 heavy (non-hydrogen) atoms. The van der Waals surface area contributed by atoms with Crippen molar-refractivity contribution in [1.82, 2.24) is 10.6 Å². The van der Waals surface area contributed by atoms with Gasteiger partial charge in [-0.1, -0.05) is 15.9 Å². The third-order valence-electron chi connectivity index (χ3n) is 2.96. The number of nitrogens with zero attached hydrogens (tertiary/aromatic N) is 1. The Kier molecular flexibility index (Phi) is 9.66. The first-order valence-corrected chi connectivity index (χ1v) is 8.42. The molecule has 5 nitrogen and oxygen atoms in total. The molecule has 0 heterocycles. The van der Waals surface area contributed by atoms with Crippen molar-refractivity contribution in [3.8, 4) is 5.75 Å². The molecule has 0 atom stereocenters. The van der Waals surface area contributed by atoms with Crippen LogP contribution in [-0.4, -0.2) is 39.4 Å². The van der Waals surface area contributed by atoms with Gasteiger partial charge in [0.2, 0.25) is 0 Å². The van der Waals surface area contributed by atoms with Gasteiger partial charge in [0.05, 0.1) is 13.7 Å². The third-order valence-corrected chi connectivity index (χ3v) is 3.45.